The van der Waals surface area contributed by atoms with Crippen LogP contribution in [0.25, 0.3) is 0 Å². The highest BCUT2D eigenvalue weighted by Gasteiger charge is 2.73. The van der Waals surface area contributed by atoms with E-state index in [9.17, 15) is 58.3 Å². The Labute approximate surface area is 263 Å². The van der Waals surface area contributed by atoms with Crippen molar-refractivity contribution in [3.63, 3.8) is 0 Å². The molecule has 0 unspecified atom stereocenters. The predicted octanol–water partition coefficient (Wildman–Crippen LogP) is 7.78. The number of carbonyl (C=O) groups excluding carboxylic acids is 3. The van der Waals surface area contributed by atoms with Crippen molar-refractivity contribution in [3.8, 4) is 5.75 Å². The minimum absolute atomic E-state index is 0.115. The number of aromatic nitrogens is 1. The second-order valence-electron chi connectivity index (χ2n) is 9.61. The standard InChI is InChI=1S/C27H15BrF11N3O5/c28-15-8-13(25(33,26(34,35)36)27(37,38)39)9-17(46-24(31)32)20(15)41-21(43)14-2-1-3-16(19(14)30)42(47-23(45)11-4-5-11)22(44)12-6-7-18(29)40-10-12/h1-3,6-11,24H,4-5H2,(H,41,43). The Morgan fingerprint density at radius 3 is 2.13 bits per heavy atom. The number of hydroxylamine groups is 1. The summed E-state index contributed by atoms with van der Waals surface area (Å²) in [4.78, 5) is 47.0. The Morgan fingerprint density at radius 1 is 0.957 bits per heavy atom. The van der Waals surface area contributed by atoms with Gasteiger partial charge in [0.25, 0.3) is 11.8 Å². The third-order valence-corrected chi connectivity index (χ3v) is 7.01. The molecule has 1 N–H and O–H groups in total. The molecule has 0 saturated heterocycles. The number of hydrogen-bond acceptors (Lipinski definition) is 6. The number of benzene rings is 2. The Bertz CT molecular complexity index is 1680. The molecule has 0 radical (unpaired) electrons. The summed E-state index contributed by atoms with van der Waals surface area (Å²) in [5.41, 5.74) is -11.8. The van der Waals surface area contributed by atoms with E-state index in [2.05, 4.69) is 25.7 Å². The maximum atomic E-state index is 15.8. The van der Waals surface area contributed by atoms with Crippen LogP contribution in [0, 0.1) is 17.7 Å². The van der Waals surface area contributed by atoms with Crippen molar-refractivity contribution in [2.24, 2.45) is 5.92 Å². The van der Waals surface area contributed by atoms with Crippen LogP contribution >= 0.6 is 15.9 Å². The van der Waals surface area contributed by atoms with Crippen molar-refractivity contribution in [2.45, 2.75) is 37.5 Å². The first-order valence-electron chi connectivity index (χ1n) is 12.6. The number of rotatable bonds is 8. The lowest BCUT2D eigenvalue weighted by Gasteiger charge is -2.31. The van der Waals surface area contributed by atoms with Gasteiger partial charge >= 0.3 is 30.6 Å². The topological polar surface area (TPSA) is 97.8 Å². The van der Waals surface area contributed by atoms with Crippen LogP contribution in [0.15, 0.2) is 53.1 Å². The zero-order valence-corrected chi connectivity index (χ0v) is 24.2. The van der Waals surface area contributed by atoms with Crippen molar-refractivity contribution in [2.75, 3.05) is 10.4 Å². The van der Waals surface area contributed by atoms with Gasteiger partial charge in [-0.25, -0.2) is 18.6 Å². The van der Waals surface area contributed by atoms with Crippen LogP contribution < -0.4 is 15.1 Å². The van der Waals surface area contributed by atoms with Gasteiger partial charge in [-0.05, 0) is 65.2 Å². The van der Waals surface area contributed by atoms with Crippen LogP contribution in [-0.4, -0.2) is 41.7 Å². The molecule has 2 amide bonds. The molecule has 1 saturated carbocycles. The van der Waals surface area contributed by atoms with Gasteiger partial charge in [0.1, 0.15) is 5.69 Å². The first-order valence-corrected chi connectivity index (χ1v) is 13.4. The molecule has 20 heteroatoms. The lowest BCUT2D eigenvalue weighted by molar-refractivity contribution is -0.348. The Morgan fingerprint density at radius 2 is 1.60 bits per heavy atom. The van der Waals surface area contributed by atoms with E-state index in [4.69, 9.17) is 4.84 Å². The summed E-state index contributed by atoms with van der Waals surface area (Å²) in [5.74, 6) is -8.73. The molecule has 1 heterocycles. The highest BCUT2D eigenvalue weighted by atomic mass is 79.9. The molecule has 0 spiro atoms. The predicted molar refractivity (Wildman–Crippen MR) is 140 cm³/mol. The van der Waals surface area contributed by atoms with Crippen LogP contribution in [0.4, 0.5) is 59.7 Å². The van der Waals surface area contributed by atoms with E-state index in [1.54, 1.807) is 5.32 Å². The molecule has 1 aliphatic carbocycles. The van der Waals surface area contributed by atoms with Gasteiger partial charge in [0, 0.05) is 16.2 Å². The molecule has 1 fully saturated rings. The molecule has 0 atom stereocenters. The van der Waals surface area contributed by atoms with Crippen LogP contribution in [0.2, 0.25) is 0 Å². The minimum atomic E-state index is -6.64. The number of alkyl halides is 9. The lowest BCUT2D eigenvalue weighted by Crippen LogP contribution is -2.50. The van der Waals surface area contributed by atoms with E-state index in [1.165, 1.54) is 0 Å². The summed E-state index contributed by atoms with van der Waals surface area (Å²) < 4.78 is 153. The molecule has 8 nitrogen and oxygen atoms in total. The fourth-order valence-corrected chi connectivity index (χ4v) is 4.46. The molecule has 2 aromatic carbocycles. The van der Waals surface area contributed by atoms with E-state index in [0.717, 1.165) is 36.5 Å². The quantitative estimate of drug-likeness (QED) is 0.144. The second-order valence-corrected chi connectivity index (χ2v) is 10.5. The van der Waals surface area contributed by atoms with E-state index in [1.807, 2.05) is 0 Å². The molecular formula is C27H15BrF11N3O5. The van der Waals surface area contributed by atoms with Gasteiger partial charge in [0.15, 0.2) is 11.6 Å². The van der Waals surface area contributed by atoms with Gasteiger partial charge in [0.05, 0.1) is 22.7 Å². The summed E-state index contributed by atoms with van der Waals surface area (Å²) in [6.45, 7) is -3.93. The molecule has 4 rings (SSSR count). The van der Waals surface area contributed by atoms with Gasteiger partial charge in [0.2, 0.25) is 5.95 Å². The van der Waals surface area contributed by atoms with Crippen LogP contribution in [-0.2, 0) is 15.3 Å². The number of amides is 2. The fraction of sp³-hybridized carbons (Fsp3) is 0.259. The largest absolute Gasteiger partial charge is 0.435 e. The summed E-state index contributed by atoms with van der Waals surface area (Å²) in [7, 11) is 0. The molecule has 1 aromatic heterocycles. The zero-order chi connectivity index (χ0) is 35.1. The monoisotopic (exact) mass is 749 g/mol. The normalized spacial score (nSPS) is 13.7. The average Bonchev–Trinajstić information content (AvgIpc) is 3.82. The number of nitrogens with one attached hydrogen (secondary N) is 1. The zero-order valence-electron chi connectivity index (χ0n) is 22.7. The minimum Gasteiger partial charge on any atom is -0.433 e. The van der Waals surface area contributed by atoms with Gasteiger partial charge in [-0.1, -0.05) is 6.07 Å². The van der Waals surface area contributed by atoms with Crippen LogP contribution in [0.3, 0.4) is 0 Å². The maximum absolute atomic E-state index is 15.8. The second kappa shape index (κ2) is 13.0. The average molecular weight is 750 g/mol. The van der Waals surface area contributed by atoms with Gasteiger partial charge < -0.3 is 14.9 Å². The lowest BCUT2D eigenvalue weighted by atomic mass is 9.93. The van der Waals surface area contributed by atoms with Gasteiger partial charge in [-0.15, -0.1) is 5.06 Å². The van der Waals surface area contributed by atoms with Crippen molar-refractivity contribution >= 4 is 45.1 Å². The number of halogens is 12. The fourth-order valence-electron chi connectivity index (χ4n) is 3.91. The summed E-state index contributed by atoms with van der Waals surface area (Å²) in [5, 5.41) is 1.90. The Balaban J connectivity index is 1.76. The molecule has 1 aliphatic rings. The SMILES string of the molecule is O=C(Nc1c(Br)cc(C(F)(C(F)(F)F)C(F)(F)F)cc1OC(F)F)c1cccc(N(OC(=O)C2CC2)C(=O)c2ccc(F)nc2)c1F. The van der Waals surface area contributed by atoms with Gasteiger partial charge in [-0.2, -0.15) is 39.5 Å². The first kappa shape index (κ1) is 35.4. The number of ether oxygens (including phenoxy) is 1. The van der Waals surface area contributed by atoms with Gasteiger partial charge in [-0.3, -0.25) is 9.59 Å². The van der Waals surface area contributed by atoms with Crippen LogP contribution in [0.5, 0.6) is 5.75 Å². The highest BCUT2D eigenvalue weighted by Crippen LogP contribution is 2.55. The molecule has 252 valence electrons. The maximum Gasteiger partial charge on any atom is 0.435 e. The number of pyridine rings is 1. The van der Waals surface area contributed by atoms with E-state index in [0.29, 0.717) is 12.8 Å². The van der Waals surface area contributed by atoms with Crippen LogP contribution in [0.1, 0.15) is 39.1 Å². The van der Waals surface area contributed by atoms with Crippen molar-refractivity contribution in [3.05, 3.63) is 81.6 Å². The third-order valence-electron chi connectivity index (χ3n) is 6.38. The van der Waals surface area contributed by atoms with Crippen molar-refractivity contribution in [1.82, 2.24) is 4.98 Å². The molecular weight excluding hydrogens is 735 g/mol. The molecule has 0 aliphatic heterocycles. The Kier molecular flexibility index (Phi) is 9.75. The number of nitrogens with zero attached hydrogens (tertiary/aromatic N) is 2. The summed E-state index contributed by atoms with van der Waals surface area (Å²) in [6, 6.07) is 3.71. The van der Waals surface area contributed by atoms with Crippen molar-refractivity contribution < 1.29 is 72.3 Å². The number of anilines is 2. The third kappa shape index (κ3) is 7.25. The number of carbonyl (C=O) groups is 3. The van der Waals surface area contributed by atoms with E-state index >= 15 is 4.39 Å². The Hall–Kier alpha value is -4.49. The smallest absolute Gasteiger partial charge is 0.433 e. The summed E-state index contributed by atoms with van der Waals surface area (Å²) >= 11 is 2.49. The molecule has 47 heavy (non-hydrogen) atoms. The summed E-state index contributed by atoms with van der Waals surface area (Å²) in [6.07, 6.45) is -11.8. The first-order chi connectivity index (χ1) is 21.8. The van der Waals surface area contributed by atoms with E-state index in [-0.39, 0.29) is 17.2 Å². The van der Waals surface area contributed by atoms with Crippen molar-refractivity contribution in [1.29, 1.82) is 0 Å². The highest BCUT2D eigenvalue weighted by molar-refractivity contribution is 9.10. The van der Waals surface area contributed by atoms with E-state index < -0.39 is 98.4 Å². The molecule has 0 bridgehead atoms. The number of hydrogen-bond donors (Lipinski definition) is 1. The molecule has 3 aromatic rings.